The molecule has 1 aromatic heterocycles. The number of hydrogen-bond donors (Lipinski definition) is 1. The lowest BCUT2D eigenvalue weighted by atomic mass is 10.1. The van der Waals surface area contributed by atoms with Crippen molar-refractivity contribution in [1.29, 1.82) is 0 Å². The third-order valence-corrected chi connectivity index (χ3v) is 8.53. The van der Waals surface area contributed by atoms with E-state index >= 15 is 0 Å². The number of rotatable bonds is 4. The van der Waals surface area contributed by atoms with Crippen LogP contribution in [0, 0.1) is 0 Å². The van der Waals surface area contributed by atoms with E-state index < -0.39 is 30.6 Å². The minimum absolute atomic E-state index is 0.0436. The Hall–Kier alpha value is -0.440. The van der Waals surface area contributed by atoms with Crippen molar-refractivity contribution in [2.24, 2.45) is 0 Å². The van der Waals surface area contributed by atoms with Crippen molar-refractivity contribution in [2.75, 3.05) is 11.5 Å². The summed E-state index contributed by atoms with van der Waals surface area (Å²) >= 11 is 1.49. The number of nitrogens with one attached hydrogen (secondary N) is 1. The molecule has 5 nitrogen and oxygen atoms in total. The molecule has 2 heterocycles. The smallest absolute Gasteiger partial charge is 0.215 e. The van der Waals surface area contributed by atoms with Crippen LogP contribution in [-0.4, -0.2) is 33.6 Å². The number of hydrogen-bond acceptors (Lipinski definition) is 5. The van der Waals surface area contributed by atoms with Crippen LogP contribution in [0.2, 0.25) is 0 Å². The van der Waals surface area contributed by atoms with Gasteiger partial charge in [-0.05, 0) is 38.1 Å². The summed E-state index contributed by atoms with van der Waals surface area (Å²) in [6.45, 7) is 3.63. The molecule has 8 heteroatoms. The van der Waals surface area contributed by atoms with E-state index in [1.165, 1.54) is 11.3 Å². The molecule has 0 unspecified atom stereocenters. The van der Waals surface area contributed by atoms with Crippen LogP contribution in [-0.2, 0) is 25.4 Å². The highest BCUT2D eigenvalue weighted by atomic mass is 32.2. The molecule has 1 aliphatic rings. The Kier molecular flexibility index (Phi) is 4.30. The van der Waals surface area contributed by atoms with E-state index in [-0.39, 0.29) is 24.3 Å². The largest absolute Gasteiger partial charge is 0.229 e. The van der Waals surface area contributed by atoms with Crippen LogP contribution in [0.4, 0.5) is 0 Å². The van der Waals surface area contributed by atoms with E-state index in [1.54, 1.807) is 0 Å². The van der Waals surface area contributed by atoms with Gasteiger partial charge in [0.25, 0.3) is 0 Å². The second kappa shape index (κ2) is 5.40. The van der Waals surface area contributed by atoms with Crippen molar-refractivity contribution in [3.05, 3.63) is 22.4 Å². The van der Waals surface area contributed by atoms with Crippen molar-refractivity contribution in [3.63, 3.8) is 0 Å². The van der Waals surface area contributed by atoms with Crippen LogP contribution in [0.3, 0.4) is 0 Å². The van der Waals surface area contributed by atoms with Crippen molar-refractivity contribution in [3.8, 4) is 0 Å². The van der Waals surface area contributed by atoms with E-state index in [9.17, 15) is 16.8 Å². The van der Waals surface area contributed by atoms with E-state index in [2.05, 4.69) is 4.72 Å². The summed E-state index contributed by atoms with van der Waals surface area (Å²) in [6.07, 6.45) is 0.358. The highest BCUT2D eigenvalue weighted by molar-refractivity contribution is 7.92. The lowest BCUT2D eigenvalue weighted by Crippen LogP contribution is -2.47. The van der Waals surface area contributed by atoms with Gasteiger partial charge in [0, 0.05) is 4.88 Å². The Labute approximate surface area is 124 Å². The Morgan fingerprint density at radius 1 is 1.30 bits per heavy atom. The SMILES string of the molecule is CC(C)(NS(=O)(=O)C1CCS(=O)(=O)CC1)c1cccs1. The molecule has 1 saturated heterocycles. The predicted molar refractivity (Wildman–Crippen MR) is 81.1 cm³/mol. The normalized spacial score (nSPS) is 20.9. The molecule has 0 radical (unpaired) electrons. The maximum Gasteiger partial charge on any atom is 0.215 e. The van der Waals surface area contributed by atoms with Gasteiger partial charge in [0.15, 0.2) is 0 Å². The van der Waals surface area contributed by atoms with Crippen LogP contribution in [0.1, 0.15) is 31.6 Å². The molecule has 0 atom stereocenters. The van der Waals surface area contributed by atoms with Gasteiger partial charge in [0.1, 0.15) is 9.84 Å². The zero-order chi connectivity index (χ0) is 15.0. The first kappa shape index (κ1) is 15.9. The molecule has 0 amide bonds. The number of thiophene rings is 1. The molecule has 0 aromatic carbocycles. The minimum Gasteiger partial charge on any atom is -0.229 e. The van der Waals surface area contributed by atoms with Crippen LogP contribution in [0.5, 0.6) is 0 Å². The van der Waals surface area contributed by atoms with Crippen LogP contribution < -0.4 is 4.72 Å². The second-order valence-electron chi connectivity index (χ2n) is 5.60. The van der Waals surface area contributed by atoms with Crippen molar-refractivity contribution < 1.29 is 16.8 Å². The highest BCUT2D eigenvalue weighted by Crippen LogP contribution is 2.28. The zero-order valence-electron chi connectivity index (χ0n) is 11.5. The lowest BCUT2D eigenvalue weighted by Gasteiger charge is -2.29. The first-order chi connectivity index (χ1) is 9.12. The molecule has 0 aliphatic carbocycles. The summed E-state index contributed by atoms with van der Waals surface area (Å²) in [5.74, 6) is -0.0873. The van der Waals surface area contributed by atoms with Gasteiger partial charge in [-0.15, -0.1) is 11.3 Å². The highest BCUT2D eigenvalue weighted by Gasteiger charge is 2.36. The maximum atomic E-state index is 12.4. The molecular formula is C12H19NO4S3. The number of sulfone groups is 1. The van der Waals surface area contributed by atoms with Gasteiger partial charge in [-0.2, -0.15) is 0 Å². The monoisotopic (exact) mass is 337 g/mol. The van der Waals surface area contributed by atoms with Crippen molar-refractivity contribution in [2.45, 2.75) is 37.5 Å². The summed E-state index contributed by atoms with van der Waals surface area (Å²) < 4.78 is 50.3. The first-order valence-corrected chi connectivity index (χ1v) is 10.6. The van der Waals surface area contributed by atoms with Gasteiger partial charge >= 0.3 is 0 Å². The van der Waals surface area contributed by atoms with E-state index in [4.69, 9.17) is 0 Å². The fourth-order valence-electron chi connectivity index (χ4n) is 2.30. The standard InChI is InChI=1S/C12H19NO4S3/c1-12(2,11-4-3-7-18-11)13-20(16,17)10-5-8-19(14,15)9-6-10/h3-4,7,10,13H,5-6,8-9H2,1-2H3. The van der Waals surface area contributed by atoms with Gasteiger partial charge in [0.05, 0.1) is 22.3 Å². The predicted octanol–water partition coefficient (Wildman–Crippen LogP) is 1.48. The zero-order valence-corrected chi connectivity index (χ0v) is 13.9. The van der Waals surface area contributed by atoms with Crippen molar-refractivity contribution >= 4 is 31.2 Å². The summed E-state index contributed by atoms with van der Waals surface area (Å²) in [7, 11) is -6.58. The average Bonchev–Trinajstić information content (AvgIpc) is 2.80. The van der Waals surface area contributed by atoms with Gasteiger partial charge in [-0.25, -0.2) is 21.6 Å². The molecule has 20 heavy (non-hydrogen) atoms. The lowest BCUT2D eigenvalue weighted by molar-refractivity contribution is 0.468. The summed E-state index contributed by atoms with van der Waals surface area (Å²) in [5.41, 5.74) is -0.677. The Morgan fingerprint density at radius 3 is 2.40 bits per heavy atom. The fraction of sp³-hybridized carbons (Fsp3) is 0.667. The quantitative estimate of drug-likeness (QED) is 0.902. The molecule has 1 aliphatic heterocycles. The third-order valence-electron chi connectivity index (χ3n) is 3.48. The fourth-order valence-corrected chi connectivity index (χ4v) is 6.81. The molecule has 1 fully saturated rings. The first-order valence-electron chi connectivity index (χ1n) is 6.40. The maximum absolute atomic E-state index is 12.4. The molecule has 0 saturated carbocycles. The summed E-state index contributed by atoms with van der Waals surface area (Å²) in [4.78, 5) is 0.935. The second-order valence-corrected chi connectivity index (χ2v) is 10.8. The summed E-state index contributed by atoms with van der Waals surface area (Å²) in [5, 5.41) is 1.28. The van der Waals surface area contributed by atoms with Crippen molar-refractivity contribution in [1.82, 2.24) is 4.72 Å². The van der Waals surface area contributed by atoms with Gasteiger partial charge in [-0.1, -0.05) is 6.07 Å². The average molecular weight is 337 g/mol. The van der Waals surface area contributed by atoms with E-state index in [0.717, 1.165) is 4.88 Å². The van der Waals surface area contributed by atoms with Gasteiger partial charge in [-0.3, -0.25) is 0 Å². The third kappa shape index (κ3) is 3.60. The number of sulfonamides is 1. The van der Waals surface area contributed by atoms with Crippen LogP contribution >= 0.6 is 11.3 Å². The molecule has 0 spiro atoms. The molecular weight excluding hydrogens is 318 g/mol. The topological polar surface area (TPSA) is 80.3 Å². The van der Waals surface area contributed by atoms with E-state index in [1.807, 2.05) is 31.4 Å². The molecule has 114 valence electrons. The van der Waals surface area contributed by atoms with Crippen LogP contribution in [0.25, 0.3) is 0 Å². The van der Waals surface area contributed by atoms with Gasteiger partial charge < -0.3 is 0 Å². The Balaban J connectivity index is 2.12. The molecule has 1 aromatic rings. The molecule has 0 bridgehead atoms. The van der Waals surface area contributed by atoms with E-state index in [0.29, 0.717) is 0 Å². The minimum atomic E-state index is -3.53. The van der Waals surface area contributed by atoms with Crippen LogP contribution in [0.15, 0.2) is 17.5 Å². The Bertz CT molecular complexity index is 646. The summed E-state index contributed by atoms with van der Waals surface area (Å²) in [6, 6.07) is 3.77. The molecule has 2 rings (SSSR count). The van der Waals surface area contributed by atoms with Gasteiger partial charge in [0.2, 0.25) is 10.0 Å². The Morgan fingerprint density at radius 2 is 1.90 bits per heavy atom. The molecule has 1 N–H and O–H groups in total.